The number of pyridine rings is 1. The number of halogens is 3. The average Bonchev–Trinajstić information content (AvgIpc) is 3.64. The molecule has 2 aliphatic heterocycles. The molecule has 1 aliphatic carbocycles. The number of ether oxygens (including phenoxy) is 2. The Morgan fingerprint density at radius 2 is 2.04 bits per heavy atom. The number of alkyl halides is 1. The van der Waals surface area contributed by atoms with Crippen LogP contribution in [-0.2, 0) is 0 Å². The van der Waals surface area contributed by atoms with Crippen LogP contribution < -0.4 is 14.4 Å². The fourth-order valence-electron chi connectivity index (χ4n) is 7.97. The summed E-state index contributed by atoms with van der Waals surface area (Å²) in [6.07, 6.45) is 5.15. The number of anilines is 1. The van der Waals surface area contributed by atoms with Crippen molar-refractivity contribution in [3.05, 3.63) is 28.7 Å². The van der Waals surface area contributed by atoms with Crippen LogP contribution in [0, 0.1) is 18.2 Å². The van der Waals surface area contributed by atoms with Gasteiger partial charge in [-0.15, -0.1) is 0 Å². The summed E-state index contributed by atoms with van der Waals surface area (Å²) < 4.78 is 43.9. The average molecular weight is 642 g/mol. The molecule has 3 fully saturated rings. The number of nitrogens with zero attached hydrogens (tertiary/aromatic N) is 6. The predicted molar refractivity (Wildman–Crippen MR) is 168 cm³/mol. The van der Waals surface area contributed by atoms with Crippen LogP contribution in [0.25, 0.3) is 33.1 Å². The van der Waals surface area contributed by atoms with Crippen LogP contribution >= 0.6 is 11.6 Å². The molecular weight excluding hydrogens is 604 g/mol. The van der Waals surface area contributed by atoms with Crippen molar-refractivity contribution in [1.82, 2.24) is 30.0 Å². The summed E-state index contributed by atoms with van der Waals surface area (Å²) in [6, 6.07) is 2.02. The third kappa shape index (κ3) is 5.14. The first kappa shape index (κ1) is 30.3. The number of β-amino-alcohol motifs (C(OH)–C–C–N with tert-alkyl or cyclic N) is 1. The molecule has 13 heteroatoms. The van der Waals surface area contributed by atoms with E-state index in [-0.39, 0.29) is 53.1 Å². The number of rotatable bonds is 6. The number of piperidine rings is 2. The molecule has 240 valence electrons. The van der Waals surface area contributed by atoms with Crippen LogP contribution in [0.2, 0.25) is 5.02 Å². The van der Waals surface area contributed by atoms with Crippen LogP contribution in [0.5, 0.6) is 11.9 Å². The Morgan fingerprint density at radius 3 is 2.82 bits per heavy atom. The van der Waals surface area contributed by atoms with Crippen LogP contribution in [0.15, 0.2) is 12.3 Å². The lowest BCUT2D eigenvalue weighted by atomic mass is 9.75. The Bertz CT molecular complexity index is 1790. The molecule has 4 aromatic rings. The Kier molecular flexibility index (Phi) is 7.52. The van der Waals surface area contributed by atoms with Gasteiger partial charge in [-0.2, -0.15) is 15.1 Å². The zero-order valence-corrected chi connectivity index (χ0v) is 26.7. The standard InChI is InChI=1S/C32H38ClF2N7O3/c1-17-11-20-19(13-36-40-20)22(24(17)33)26-25(35)27-23(29(37-26)44-4)28(42-10-6-8-31(2,43)15-42)39-30(38-27)45-16-32-9-5-7-21(32)41(3)14-18(34)12-32/h11,13,18,21,43H,5-10,12,14-16H2,1-4H3,(H,36,40). The number of hydrogen-bond donors (Lipinski definition) is 2. The van der Waals surface area contributed by atoms with Crippen molar-refractivity contribution in [3.63, 3.8) is 0 Å². The molecule has 45 heavy (non-hydrogen) atoms. The van der Waals surface area contributed by atoms with Gasteiger partial charge in [0, 0.05) is 42.0 Å². The number of hydrogen-bond acceptors (Lipinski definition) is 9. The number of aliphatic hydroxyl groups is 1. The highest BCUT2D eigenvalue weighted by atomic mass is 35.5. The molecule has 0 amide bonds. The van der Waals surface area contributed by atoms with Crippen LogP contribution in [-0.4, -0.2) is 93.4 Å². The molecule has 0 spiro atoms. The van der Waals surface area contributed by atoms with E-state index >= 15 is 4.39 Å². The second-order valence-corrected chi connectivity index (χ2v) is 13.8. The van der Waals surface area contributed by atoms with Crippen molar-refractivity contribution in [2.45, 2.75) is 70.2 Å². The molecule has 7 rings (SSSR count). The van der Waals surface area contributed by atoms with Gasteiger partial charge in [0.25, 0.3) is 0 Å². The smallest absolute Gasteiger partial charge is 0.319 e. The molecule has 2 N–H and O–H groups in total. The normalized spacial score (nSPS) is 27.3. The minimum atomic E-state index is -0.976. The summed E-state index contributed by atoms with van der Waals surface area (Å²) in [5.74, 6) is -0.236. The molecular formula is C32H38ClF2N7O3. The van der Waals surface area contributed by atoms with Gasteiger partial charge < -0.3 is 19.5 Å². The summed E-state index contributed by atoms with van der Waals surface area (Å²) in [6.45, 7) is 5.07. The first-order valence-corrected chi connectivity index (χ1v) is 15.9. The van der Waals surface area contributed by atoms with Gasteiger partial charge in [0.1, 0.15) is 28.6 Å². The second-order valence-electron chi connectivity index (χ2n) is 13.4. The van der Waals surface area contributed by atoms with Gasteiger partial charge in [-0.05, 0) is 64.6 Å². The molecule has 4 atom stereocenters. The number of fused-ring (bicyclic) bond motifs is 3. The van der Waals surface area contributed by atoms with E-state index in [1.165, 1.54) is 7.11 Å². The van der Waals surface area contributed by atoms with Gasteiger partial charge in [0.15, 0.2) is 5.82 Å². The van der Waals surface area contributed by atoms with E-state index < -0.39 is 17.6 Å². The zero-order valence-electron chi connectivity index (χ0n) is 26.0. The van der Waals surface area contributed by atoms with E-state index in [9.17, 15) is 9.50 Å². The van der Waals surface area contributed by atoms with Crippen molar-refractivity contribution in [3.8, 4) is 23.1 Å². The van der Waals surface area contributed by atoms with E-state index in [1.54, 1.807) is 13.1 Å². The SMILES string of the molecule is COc1nc(-c2c(Cl)c(C)cc3[nH]ncc23)c(F)c2nc(OCC34CCCC3N(C)CC(F)C4)nc(N3CCCC(C)(O)C3)c12. The Morgan fingerprint density at radius 1 is 1.22 bits per heavy atom. The number of aromatic amines is 1. The summed E-state index contributed by atoms with van der Waals surface area (Å²) >= 11 is 6.79. The molecule has 2 saturated heterocycles. The van der Waals surface area contributed by atoms with Crippen molar-refractivity contribution in [1.29, 1.82) is 0 Å². The number of likely N-dealkylation sites (tertiary alicyclic amines) is 1. The lowest BCUT2D eigenvalue weighted by molar-refractivity contribution is -0.0244. The number of aryl methyl sites for hydroxylation is 1. The molecule has 4 unspecified atom stereocenters. The lowest BCUT2D eigenvalue weighted by Crippen LogP contribution is -2.54. The van der Waals surface area contributed by atoms with Crippen LogP contribution in [0.3, 0.4) is 0 Å². The summed E-state index contributed by atoms with van der Waals surface area (Å²) in [4.78, 5) is 18.1. The fraction of sp³-hybridized carbons (Fsp3) is 0.562. The maximum absolute atomic E-state index is 16.9. The highest BCUT2D eigenvalue weighted by Gasteiger charge is 2.50. The lowest BCUT2D eigenvalue weighted by Gasteiger charge is -2.45. The zero-order chi connectivity index (χ0) is 31.7. The van der Waals surface area contributed by atoms with Gasteiger partial charge in [-0.25, -0.2) is 13.8 Å². The van der Waals surface area contributed by atoms with Gasteiger partial charge in [-0.1, -0.05) is 18.0 Å². The maximum atomic E-state index is 16.9. The summed E-state index contributed by atoms with van der Waals surface area (Å²) in [7, 11) is 3.43. The van der Waals surface area contributed by atoms with Crippen molar-refractivity contribution in [2.75, 3.05) is 45.3 Å². The van der Waals surface area contributed by atoms with Crippen molar-refractivity contribution >= 4 is 39.2 Å². The molecule has 1 aromatic carbocycles. The third-order valence-corrected chi connectivity index (χ3v) is 10.5. The van der Waals surface area contributed by atoms with Gasteiger partial charge >= 0.3 is 6.01 Å². The summed E-state index contributed by atoms with van der Waals surface area (Å²) in [5.41, 5.74) is 0.334. The van der Waals surface area contributed by atoms with Gasteiger partial charge in [0.05, 0.1) is 36.1 Å². The molecule has 10 nitrogen and oxygen atoms in total. The summed E-state index contributed by atoms with van der Waals surface area (Å²) in [5, 5.41) is 19.3. The molecule has 5 heterocycles. The first-order chi connectivity index (χ1) is 21.5. The number of benzene rings is 1. The Hall–Kier alpha value is -3.35. The Labute approximate surface area is 265 Å². The highest BCUT2D eigenvalue weighted by molar-refractivity contribution is 6.35. The van der Waals surface area contributed by atoms with E-state index in [2.05, 4.69) is 25.1 Å². The van der Waals surface area contributed by atoms with Crippen molar-refractivity contribution < 1.29 is 23.4 Å². The van der Waals surface area contributed by atoms with E-state index in [4.69, 9.17) is 26.1 Å². The van der Waals surface area contributed by atoms with Gasteiger partial charge in [0.2, 0.25) is 5.88 Å². The highest BCUT2D eigenvalue weighted by Crippen LogP contribution is 2.49. The molecule has 3 aliphatic rings. The van der Waals surface area contributed by atoms with E-state index in [1.807, 2.05) is 24.9 Å². The molecule has 0 bridgehead atoms. The molecule has 0 radical (unpaired) electrons. The van der Waals surface area contributed by atoms with Crippen LogP contribution in [0.1, 0.15) is 51.0 Å². The molecule has 3 aromatic heterocycles. The minimum absolute atomic E-state index is 0.0201. The largest absolute Gasteiger partial charge is 0.480 e. The molecule has 1 saturated carbocycles. The number of nitrogens with one attached hydrogen (secondary N) is 1. The third-order valence-electron chi connectivity index (χ3n) is 9.98. The van der Waals surface area contributed by atoms with Gasteiger partial charge in [-0.3, -0.25) is 10.00 Å². The second kappa shape index (κ2) is 11.2. The first-order valence-electron chi connectivity index (χ1n) is 15.5. The van der Waals surface area contributed by atoms with E-state index in [0.717, 1.165) is 24.8 Å². The predicted octanol–water partition coefficient (Wildman–Crippen LogP) is 5.62. The topological polar surface area (TPSA) is 113 Å². The number of aromatic nitrogens is 5. The number of H-pyrrole nitrogens is 1. The van der Waals surface area contributed by atoms with E-state index in [0.29, 0.717) is 59.7 Å². The number of methoxy groups -OCH3 is 1. The fourth-order valence-corrected chi connectivity index (χ4v) is 8.22. The quantitative estimate of drug-likeness (QED) is 0.277. The van der Waals surface area contributed by atoms with Crippen molar-refractivity contribution in [2.24, 2.45) is 5.41 Å². The Balaban J connectivity index is 1.40. The minimum Gasteiger partial charge on any atom is -0.480 e. The van der Waals surface area contributed by atoms with Crippen LogP contribution in [0.4, 0.5) is 14.6 Å². The maximum Gasteiger partial charge on any atom is 0.319 e. The monoisotopic (exact) mass is 641 g/mol.